The second kappa shape index (κ2) is 8.95. The van der Waals surface area contributed by atoms with Gasteiger partial charge in [-0.2, -0.15) is 0 Å². The van der Waals surface area contributed by atoms with E-state index in [0.29, 0.717) is 11.8 Å². The standard InChI is InChI=1S/C28H36N2/c1-17(11-23-13-19(3)27(29)20(4)14-23)25-7-9-26(10-8-25)18(2)12-24-15-21(5)28(30)22(6)16-24/h7-10,13-18H,11-12,29-30H2,1-6H3. The molecule has 0 fully saturated rings. The molecule has 0 aliphatic carbocycles. The maximum absolute atomic E-state index is 6.11. The van der Waals surface area contributed by atoms with Crippen molar-refractivity contribution in [2.24, 2.45) is 0 Å². The molecule has 0 aliphatic heterocycles. The van der Waals surface area contributed by atoms with Crippen molar-refractivity contribution in [3.8, 4) is 0 Å². The molecule has 3 aromatic rings. The molecule has 0 heterocycles. The number of hydrogen-bond acceptors (Lipinski definition) is 2. The second-order valence-corrected chi connectivity index (χ2v) is 9.16. The zero-order valence-electron chi connectivity index (χ0n) is 19.3. The summed E-state index contributed by atoms with van der Waals surface area (Å²) in [7, 11) is 0. The lowest BCUT2D eigenvalue weighted by Crippen LogP contribution is -2.03. The van der Waals surface area contributed by atoms with Crippen LogP contribution in [0.2, 0.25) is 0 Å². The van der Waals surface area contributed by atoms with Crippen molar-refractivity contribution >= 4 is 11.4 Å². The Labute approximate surface area is 182 Å². The molecular weight excluding hydrogens is 364 g/mol. The van der Waals surface area contributed by atoms with Crippen molar-refractivity contribution in [2.45, 2.75) is 66.2 Å². The SMILES string of the molecule is Cc1cc(CC(C)c2ccc(C(C)Cc3cc(C)c(N)c(C)c3)cc2)cc(C)c1N. The van der Waals surface area contributed by atoms with Gasteiger partial charge < -0.3 is 11.5 Å². The lowest BCUT2D eigenvalue weighted by Gasteiger charge is -2.17. The summed E-state index contributed by atoms with van der Waals surface area (Å²) >= 11 is 0. The van der Waals surface area contributed by atoms with E-state index in [9.17, 15) is 0 Å². The Morgan fingerprint density at radius 2 is 0.833 bits per heavy atom. The molecule has 0 saturated carbocycles. The largest absolute Gasteiger partial charge is 0.398 e. The van der Waals surface area contributed by atoms with Crippen LogP contribution in [-0.4, -0.2) is 0 Å². The molecule has 3 aromatic carbocycles. The molecule has 4 N–H and O–H groups in total. The normalized spacial score (nSPS) is 13.3. The summed E-state index contributed by atoms with van der Waals surface area (Å²) in [6.45, 7) is 13.0. The predicted molar refractivity (Wildman–Crippen MR) is 131 cm³/mol. The lowest BCUT2D eigenvalue weighted by atomic mass is 9.88. The fourth-order valence-corrected chi connectivity index (χ4v) is 4.46. The Morgan fingerprint density at radius 3 is 1.10 bits per heavy atom. The molecule has 0 saturated heterocycles. The predicted octanol–water partition coefficient (Wildman–Crippen LogP) is 6.78. The maximum Gasteiger partial charge on any atom is 0.0373 e. The van der Waals surface area contributed by atoms with Crippen LogP contribution in [0.1, 0.15) is 70.2 Å². The first-order valence-corrected chi connectivity index (χ1v) is 11.0. The third kappa shape index (κ3) is 4.87. The summed E-state index contributed by atoms with van der Waals surface area (Å²) in [5.74, 6) is 0.943. The third-order valence-corrected chi connectivity index (χ3v) is 6.47. The molecule has 2 nitrogen and oxygen atoms in total. The Hall–Kier alpha value is -2.74. The maximum atomic E-state index is 6.11. The summed E-state index contributed by atoms with van der Waals surface area (Å²) in [6.07, 6.45) is 2.06. The van der Waals surface area contributed by atoms with Crippen molar-refractivity contribution in [2.75, 3.05) is 11.5 Å². The average Bonchev–Trinajstić information content (AvgIpc) is 2.70. The Bertz CT molecular complexity index is 900. The Balaban J connectivity index is 1.69. The highest BCUT2D eigenvalue weighted by molar-refractivity contribution is 5.55. The van der Waals surface area contributed by atoms with Gasteiger partial charge in [-0.15, -0.1) is 0 Å². The van der Waals surface area contributed by atoms with Gasteiger partial charge in [0.05, 0.1) is 0 Å². The van der Waals surface area contributed by atoms with Crippen LogP contribution in [0, 0.1) is 27.7 Å². The van der Waals surface area contributed by atoms with Crippen LogP contribution >= 0.6 is 0 Å². The summed E-state index contributed by atoms with van der Waals surface area (Å²) in [5.41, 5.74) is 24.2. The lowest BCUT2D eigenvalue weighted by molar-refractivity contribution is 0.743. The average molecular weight is 401 g/mol. The van der Waals surface area contributed by atoms with Gasteiger partial charge in [-0.25, -0.2) is 0 Å². The first-order valence-electron chi connectivity index (χ1n) is 11.0. The number of anilines is 2. The highest BCUT2D eigenvalue weighted by atomic mass is 14.6. The molecule has 158 valence electrons. The van der Waals surface area contributed by atoms with Crippen molar-refractivity contribution in [3.63, 3.8) is 0 Å². The Morgan fingerprint density at radius 1 is 0.567 bits per heavy atom. The van der Waals surface area contributed by atoms with Crippen LogP contribution in [0.4, 0.5) is 11.4 Å². The minimum atomic E-state index is 0.471. The van der Waals surface area contributed by atoms with Gasteiger partial charge in [-0.1, -0.05) is 62.4 Å². The number of benzene rings is 3. The van der Waals surface area contributed by atoms with E-state index in [2.05, 4.69) is 90.1 Å². The van der Waals surface area contributed by atoms with Gasteiger partial charge in [0.15, 0.2) is 0 Å². The van der Waals surface area contributed by atoms with E-state index in [0.717, 1.165) is 24.2 Å². The first kappa shape index (κ1) is 22.0. The van der Waals surface area contributed by atoms with Crippen LogP contribution in [-0.2, 0) is 12.8 Å². The van der Waals surface area contributed by atoms with Gasteiger partial charge in [-0.3, -0.25) is 0 Å². The monoisotopic (exact) mass is 400 g/mol. The van der Waals surface area contributed by atoms with E-state index in [1.165, 1.54) is 44.5 Å². The van der Waals surface area contributed by atoms with E-state index in [-0.39, 0.29) is 0 Å². The van der Waals surface area contributed by atoms with E-state index >= 15 is 0 Å². The molecule has 3 rings (SSSR count). The zero-order chi connectivity index (χ0) is 22.0. The molecule has 2 unspecified atom stereocenters. The van der Waals surface area contributed by atoms with Crippen molar-refractivity contribution in [3.05, 3.63) is 93.0 Å². The highest BCUT2D eigenvalue weighted by Gasteiger charge is 2.12. The number of hydrogen-bond donors (Lipinski definition) is 2. The Kier molecular flexibility index (Phi) is 6.55. The van der Waals surface area contributed by atoms with E-state index in [4.69, 9.17) is 11.5 Å². The third-order valence-electron chi connectivity index (χ3n) is 6.47. The number of nitrogen functional groups attached to an aromatic ring is 2. The molecule has 0 amide bonds. The molecule has 0 aliphatic rings. The molecule has 0 spiro atoms. The summed E-state index contributed by atoms with van der Waals surface area (Å²) in [6, 6.07) is 18.1. The second-order valence-electron chi connectivity index (χ2n) is 9.16. The van der Waals surface area contributed by atoms with Crippen LogP contribution < -0.4 is 11.5 Å². The van der Waals surface area contributed by atoms with Crippen LogP contribution in [0.3, 0.4) is 0 Å². The minimum Gasteiger partial charge on any atom is -0.398 e. The first-order chi connectivity index (χ1) is 14.2. The highest BCUT2D eigenvalue weighted by Crippen LogP contribution is 2.28. The van der Waals surface area contributed by atoms with E-state index < -0.39 is 0 Å². The van der Waals surface area contributed by atoms with Gasteiger partial charge in [0.1, 0.15) is 0 Å². The fraction of sp³-hybridized carbons (Fsp3) is 0.357. The number of rotatable bonds is 6. The van der Waals surface area contributed by atoms with Crippen LogP contribution in [0.15, 0.2) is 48.5 Å². The molecule has 0 aromatic heterocycles. The minimum absolute atomic E-state index is 0.471. The van der Waals surface area contributed by atoms with E-state index in [1.54, 1.807) is 0 Å². The smallest absolute Gasteiger partial charge is 0.0373 e. The van der Waals surface area contributed by atoms with Crippen molar-refractivity contribution in [1.82, 2.24) is 0 Å². The molecular formula is C28H36N2. The summed E-state index contributed by atoms with van der Waals surface area (Å²) in [4.78, 5) is 0. The van der Waals surface area contributed by atoms with Crippen LogP contribution in [0.25, 0.3) is 0 Å². The number of aryl methyl sites for hydroxylation is 4. The molecule has 0 bridgehead atoms. The molecule has 30 heavy (non-hydrogen) atoms. The van der Waals surface area contributed by atoms with Gasteiger partial charge >= 0.3 is 0 Å². The van der Waals surface area contributed by atoms with Crippen LogP contribution in [0.5, 0.6) is 0 Å². The molecule has 0 radical (unpaired) electrons. The van der Waals surface area contributed by atoms with Gasteiger partial charge in [0.2, 0.25) is 0 Å². The van der Waals surface area contributed by atoms with Crippen molar-refractivity contribution in [1.29, 1.82) is 0 Å². The summed E-state index contributed by atoms with van der Waals surface area (Å²) in [5, 5.41) is 0. The van der Waals surface area contributed by atoms with E-state index in [1.807, 2.05) is 0 Å². The fourth-order valence-electron chi connectivity index (χ4n) is 4.46. The number of nitrogens with two attached hydrogens (primary N) is 2. The van der Waals surface area contributed by atoms with Gasteiger partial charge in [0.25, 0.3) is 0 Å². The van der Waals surface area contributed by atoms with Gasteiger partial charge in [0, 0.05) is 11.4 Å². The van der Waals surface area contributed by atoms with Crippen molar-refractivity contribution < 1.29 is 0 Å². The zero-order valence-corrected chi connectivity index (χ0v) is 19.3. The quantitative estimate of drug-likeness (QED) is 0.448. The molecule has 2 heteroatoms. The van der Waals surface area contributed by atoms with Gasteiger partial charge in [-0.05, 0) is 96.9 Å². The summed E-state index contributed by atoms with van der Waals surface area (Å²) < 4.78 is 0. The molecule has 2 atom stereocenters. The topological polar surface area (TPSA) is 52.0 Å².